The van der Waals surface area contributed by atoms with E-state index in [0.29, 0.717) is 5.56 Å². The van der Waals surface area contributed by atoms with Crippen LogP contribution in [0.1, 0.15) is 5.56 Å². The summed E-state index contributed by atoms with van der Waals surface area (Å²) in [7, 11) is -0.618. The van der Waals surface area contributed by atoms with E-state index < -0.39 is 7.92 Å². The van der Waals surface area contributed by atoms with Gasteiger partial charge in [0, 0.05) is 6.21 Å². The Morgan fingerprint density at radius 1 is 0.571 bits per heavy atom. The first kappa shape index (κ1) is 18.2. The van der Waals surface area contributed by atoms with Gasteiger partial charge in [0.15, 0.2) is 0 Å². The maximum atomic E-state index is 11.8. The van der Waals surface area contributed by atoms with Crippen LogP contribution < -0.4 is 21.0 Å². The van der Waals surface area contributed by atoms with E-state index in [2.05, 4.69) is 65.7 Å². The van der Waals surface area contributed by atoms with Crippen LogP contribution in [-0.4, -0.2) is 6.21 Å². The SMILES string of the molecule is [O-]c1ccccc1C=Nc1ccc(P(c2ccccc2)c2ccccc2)cc1. The van der Waals surface area contributed by atoms with Crippen LogP contribution in [0.2, 0.25) is 0 Å². The van der Waals surface area contributed by atoms with Gasteiger partial charge in [0.05, 0.1) is 5.69 Å². The summed E-state index contributed by atoms with van der Waals surface area (Å²) < 4.78 is 0. The van der Waals surface area contributed by atoms with E-state index in [0.717, 1.165) is 5.69 Å². The van der Waals surface area contributed by atoms with Crippen molar-refractivity contribution in [2.24, 2.45) is 4.99 Å². The van der Waals surface area contributed by atoms with Crippen LogP contribution in [0.25, 0.3) is 0 Å². The van der Waals surface area contributed by atoms with Gasteiger partial charge in [-0.15, -0.1) is 5.75 Å². The third kappa shape index (κ3) is 4.19. The zero-order valence-corrected chi connectivity index (χ0v) is 16.2. The molecule has 3 heteroatoms. The number of nitrogens with zero attached hydrogens (tertiary/aromatic N) is 1. The maximum Gasteiger partial charge on any atom is 0.0630 e. The highest BCUT2D eigenvalue weighted by molar-refractivity contribution is 7.79. The molecule has 0 aliphatic heterocycles. The van der Waals surface area contributed by atoms with E-state index in [1.807, 2.05) is 30.3 Å². The first-order valence-corrected chi connectivity index (χ1v) is 10.5. The van der Waals surface area contributed by atoms with Crippen LogP contribution in [0.5, 0.6) is 5.75 Å². The van der Waals surface area contributed by atoms with Gasteiger partial charge in [-0.05, 0) is 41.5 Å². The van der Waals surface area contributed by atoms with E-state index in [-0.39, 0.29) is 5.75 Å². The Bertz CT molecular complexity index is 1020. The highest BCUT2D eigenvalue weighted by Crippen LogP contribution is 2.33. The second-order valence-electron chi connectivity index (χ2n) is 6.32. The van der Waals surface area contributed by atoms with E-state index >= 15 is 0 Å². The molecule has 0 spiro atoms. The quantitative estimate of drug-likeness (QED) is 0.376. The predicted molar refractivity (Wildman–Crippen MR) is 118 cm³/mol. The third-order valence-corrected chi connectivity index (χ3v) is 6.85. The number of rotatable bonds is 5. The minimum atomic E-state index is -0.618. The smallest absolute Gasteiger partial charge is 0.0630 e. The van der Waals surface area contributed by atoms with Crippen LogP contribution in [0.15, 0.2) is 114 Å². The van der Waals surface area contributed by atoms with Gasteiger partial charge in [-0.3, -0.25) is 4.99 Å². The van der Waals surface area contributed by atoms with Crippen molar-refractivity contribution in [2.45, 2.75) is 0 Å². The van der Waals surface area contributed by atoms with Crippen LogP contribution >= 0.6 is 7.92 Å². The lowest BCUT2D eigenvalue weighted by Gasteiger charge is -2.19. The highest BCUT2D eigenvalue weighted by Gasteiger charge is 2.15. The average Bonchev–Trinajstić information content (AvgIpc) is 2.76. The van der Waals surface area contributed by atoms with Crippen molar-refractivity contribution in [1.29, 1.82) is 0 Å². The van der Waals surface area contributed by atoms with Gasteiger partial charge in [-0.2, -0.15) is 0 Å². The maximum absolute atomic E-state index is 11.8. The van der Waals surface area contributed by atoms with Gasteiger partial charge in [0.25, 0.3) is 0 Å². The Morgan fingerprint density at radius 2 is 1.07 bits per heavy atom. The molecule has 2 nitrogen and oxygen atoms in total. The van der Waals surface area contributed by atoms with Crippen molar-refractivity contribution < 1.29 is 5.11 Å². The second kappa shape index (κ2) is 8.65. The summed E-state index contributed by atoms with van der Waals surface area (Å²) in [5.41, 5.74) is 1.44. The Kier molecular flexibility index (Phi) is 5.61. The molecule has 4 rings (SSSR count). The fraction of sp³-hybridized carbons (Fsp3) is 0. The molecular weight excluding hydrogens is 361 g/mol. The number of hydrogen-bond acceptors (Lipinski definition) is 2. The predicted octanol–water partition coefficient (Wildman–Crippen LogP) is 4.27. The second-order valence-corrected chi connectivity index (χ2v) is 8.54. The third-order valence-electron chi connectivity index (χ3n) is 4.41. The summed E-state index contributed by atoms with van der Waals surface area (Å²) in [5.74, 6) is -0.0143. The molecule has 0 bridgehead atoms. The molecule has 0 aromatic heterocycles. The molecular formula is C25H19NOP-. The zero-order chi connectivity index (χ0) is 19.2. The van der Waals surface area contributed by atoms with E-state index in [1.54, 1.807) is 24.4 Å². The molecule has 0 saturated heterocycles. The minimum Gasteiger partial charge on any atom is -0.872 e. The lowest BCUT2D eigenvalue weighted by Crippen LogP contribution is -2.20. The molecule has 0 radical (unpaired) electrons. The van der Waals surface area contributed by atoms with E-state index in [9.17, 15) is 5.11 Å². The summed E-state index contributed by atoms with van der Waals surface area (Å²) in [5, 5.41) is 15.7. The molecule has 4 aromatic rings. The molecule has 0 saturated carbocycles. The molecule has 0 atom stereocenters. The van der Waals surface area contributed by atoms with Gasteiger partial charge in [0.2, 0.25) is 0 Å². The Labute approximate surface area is 166 Å². The summed E-state index contributed by atoms with van der Waals surface area (Å²) >= 11 is 0. The van der Waals surface area contributed by atoms with Crippen molar-refractivity contribution in [3.05, 3.63) is 115 Å². The fourth-order valence-corrected chi connectivity index (χ4v) is 5.30. The molecule has 0 aliphatic rings. The lowest BCUT2D eigenvalue weighted by molar-refractivity contribution is -0.268. The molecule has 28 heavy (non-hydrogen) atoms. The van der Waals surface area contributed by atoms with Crippen molar-refractivity contribution in [2.75, 3.05) is 0 Å². The lowest BCUT2D eigenvalue weighted by atomic mass is 10.2. The molecule has 0 heterocycles. The highest BCUT2D eigenvalue weighted by atomic mass is 31.1. The zero-order valence-electron chi connectivity index (χ0n) is 15.3. The van der Waals surface area contributed by atoms with Gasteiger partial charge in [0.1, 0.15) is 0 Å². The molecule has 0 aliphatic carbocycles. The Balaban J connectivity index is 1.64. The van der Waals surface area contributed by atoms with Crippen LogP contribution in [-0.2, 0) is 0 Å². The van der Waals surface area contributed by atoms with Crippen molar-refractivity contribution >= 4 is 35.7 Å². The van der Waals surface area contributed by atoms with Crippen molar-refractivity contribution in [3.8, 4) is 5.75 Å². The number of hydrogen-bond donors (Lipinski definition) is 0. The molecule has 0 fully saturated rings. The molecule has 4 aromatic carbocycles. The van der Waals surface area contributed by atoms with Gasteiger partial charge in [-0.25, -0.2) is 0 Å². The number of benzene rings is 4. The Hall–Kier alpha value is -3.22. The van der Waals surface area contributed by atoms with Crippen LogP contribution in [0.4, 0.5) is 5.69 Å². The Morgan fingerprint density at radius 3 is 1.64 bits per heavy atom. The monoisotopic (exact) mass is 380 g/mol. The molecule has 0 amide bonds. The normalized spacial score (nSPS) is 11.2. The topological polar surface area (TPSA) is 35.4 Å². The first-order valence-electron chi connectivity index (χ1n) is 9.12. The average molecular weight is 380 g/mol. The number of para-hydroxylation sites is 1. The molecule has 0 N–H and O–H groups in total. The summed E-state index contributed by atoms with van der Waals surface area (Å²) in [6.45, 7) is 0. The van der Waals surface area contributed by atoms with Crippen LogP contribution in [0, 0.1) is 0 Å². The van der Waals surface area contributed by atoms with Gasteiger partial charge < -0.3 is 5.11 Å². The first-order chi connectivity index (χ1) is 13.8. The fourth-order valence-electron chi connectivity index (χ4n) is 3.02. The largest absolute Gasteiger partial charge is 0.872 e. The van der Waals surface area contributed by atoms with E-state index in [1.165, 1.54) is 15.9 Å². The van der Waals surface area contributed by atoms with Crippen molar-refractivity contribution in [1.82, 2.24) is 0 Å². The summed E-state index contributed by atoms with van der Waals surface area (Å²) in [6, 6.07) is 36.5. The van der Waals surface area contributed by atoms with Gasteiger partial charge >= 0.3 is 0 Å². The molecule has 0 unspecified atom stereocenters. The standard InChI is InChI=1S/C25H20NOP/c27-25-14-8-7-9-20(25)19-26-21-15-17-24(18-16-21)28(22-10-3-1-4-11-22)23-12-5-2-6-13-23/h1-19,27H/p-1. The number of aliphatic imine (C=N–C) groups is 1. The van der Waals surface area contributed by atoms with Crippen molar-refractivity contribution in [3.63, 3.8) is 0 Å². The molecule has 136 valence electrons. The summed E-state index contributed by atoms with van der Waals surface area (Å²) in [4.78, 5) is 4.47. The minimum absolute atomic E-state index is 0.0143. The van der Waals surface area contributed by atoms with Gasteiger partial charge in [-0.1, -0.05) is 97.1 Å². The van der Waals surface area contributed by atoms with E-state index in [4.69, 9.17) is 0 Å². The van der Waals surface area contributed by atoms with Crippen LogP contribution in [0.3, 0.4) is 0 Å². The summed E-state index contributed by atoms with van der Waals surface area (Å²) in [6.07, 6.45) is 1.63.